The molecule has 0 radical (unpaired) electrons. The molecule has 128 valence electrons. The molecule has 2 rings (SSSR count). The van der Waals surface area contributed by atoms with E-state index >= 15 is 0 Å². The molecule has 0 atom stereocenters. The van der Waals surface area contributed by atoms with E-state index in [2.05, 4.69) is 50.4 Å². The minimum Gasteiger partial charge on any atom is -0.447 e. The fourth-order valence-electron chi connectivity index (χ4n) is 2.28. The van der Waals surface area contributed by atoms with Crippen molar-refractivity contribution in [2.24, 2.45) is 0 Å². The van der Waals surface area contributed by atoms with Gasteiger partial charge >= 0.3 is 6.09 Å². The molecule has 24 heavy (non-hydrogen) atoms. The monoisotopic (exact) mass is 392 g/mol. The van der Waals surface area contributed by atoms with E-state index in [0.717, 1.165) is 34.4 Å². The van der Waals surface area contributed by atoms with Gasteiger partial charge in [0.05, 0.1) is 6.54 Å². The summed E-state index contributed by atoms with van der Waals surface area (Å²) in [5.41, 5.74) is 2.84. The van der Waals surface area contributed by atoms with Crippen molar-refractivity contribution in [2.45, 2.75) is 26.7 Å². The number of amides is 1. The van der Waals surface area contributed by atoms with Crippen LogP contribution < -0.4 is 10.6 Å². The lowest BCUT2D eigenvalue weighted by Crippen LogP contribution is -2.19. The minimum absolute atomic E-state index is 0.247. The quantitative estimate of drug-likeness (QED) is 0.695. The number of halogens is 1. The molecular formula is C17H21BrN4O2. The van der Waals surface area contributed by atoms with Gasteiger partial charge in [0.15, 0.2) is 0 Å². The zero-order valence-electron chi connectivity index (χ0n) is 13.8. The number of aryl methyl sites for hydroxylation is 1. The van der Waals surface area contributed by atoms with Gasteiger partial charge in [-0.1, -0.05) is 29.8 Å². The second kappa shape index (κ2) is 9.22. The van der Waals surface area contributed by atoms with Gasteiger partial charge in [-0.15, -0.1) is 0 Å². The number of nitrogens with zero attached hydrogens (tertiary/aromatic N) is 2. The third kappa shape index (κ3) is 5.19. The van der Waals surface area contributed by atoms with Crippen molar-refractivity contribution in [3.63, 3.8) is 0 Å². The minimum atomic E-state index is -0.480. The molecule has 0 saturated carbocycles. The van der Waals surface area contributed by atoms with Crippen LogP contribution in [-0.2, 0) is 17.6 Å². The molecule has 0 aliphatic heterocycles. The van der Waals surface area contributed by atoms with Gasteiger partial charge < -0.3 is 10.1 Å². The number of aromatic nitrogens is 2. The standard InChI is InChI=1S/C17H21BrN4O2/c1-3-14-15(4-2)20-11-21-16(14)19-9-10-24-17(23)22-13-7-5-12(18)6-8-13/h5-8,11H,3-4,9-10H2,1-2H3,(H,22,23)(H,19,20,21). The molecule has 0 fully saturated rings. The molecule has 0 aliphatic rings. The maximum Gasteiger partial charge on any atom is 0.411 e. The second-order valence-electron chi connectivity index (χ2n) is 5.05. The van der Waals surface area contributed by atoms with Crippen LogP contribution in [0.2, 0.25) is 0 Å². The normalized spacial score (nSPS) is 10.3. The largest absolute Gasteiger partial charge is 0.447 e. The van der Waals surface area contributed by atoms with Gasteiger partial charge in [0.1, 0.15) is 18.8 Å². The molecule has 7 heteroatoms. The Morgan fingerprint density at radius 2 is 1.92 bits per heavy atom. The van der Waals surface area contributed by atoms with E-state index in [4.69, 9.17) is 4.74 Å². The van der Waals surface area contributed by atoms with Gasteiger partial charge in [-0.25, -0.2) is 14.8 Å². The lowest BCUT2D eigenvalue weighted by Gasteiger charge is -2.12. The molecule has 1 amide bonds. The van der Waals surface area contributed by atoms with Gasteiger partial charge in [-0.05, 0) is 37.1 Å². The Morgan fingerprint density at radius 3 is 2.58 bits per heavy atom. The number of carbonyl (C=O) groups is 1. The number of hydrogen-bond acceptors (Lipinski definition) is 5. The number of carbonyl (C=O) groups excluding carboxylic acids is 1. The van der Waals surface area contributed by atoms with Crippen molar-refractivity contribution in [3.05, 3.63) is 46.3 Å². The van der Waals surface area contributed by atoms with Crippen molar-refractivity contribution in [3.8, 4) is 0 Å². The maximum absolute atomic E-state index is 11.7. The summed E-state index contributed by atoms with van der Waals surface area (Å²) in [5, 5.41) is 5.88. The Labute approximate surface area is 150 Å². The van der Waals surface area contributed by atoms with Crippen molar-refractivity contribution in [2.75, 3.05) is 23.8 Å². The first kappa shape index (κ1) is 18.2. The summed E-state index contributed by atoms with van der Waals surface area (Å²) < 4.78 is 6.11. The number of hydrogen-bond donors (Lipinski definition) is 2. The Bertz CT molecular complexity index is 677. The summed E-state index contributed by atoms with van der Waals surface area (Å²) in [7, 11) is 0. The molecule has 2 N–H and O–H groups in total. The highest BCUT2D eigenvalue weighted by molar-refractivity contribution is 9.10. The van der Waals surface area contributed by atoms with Crippen LogP contribution in [0.1, 0.15) is 25.1 Å². The molecule has 0 spiro atoms. The van der Waals surface area contributed by atoms with E-state index in [1.54, 1.807) is 18.5 Å². The Balaban J connectivity index is 1.78. The molecule has 1 aromatic heterocycles. The van der Waals surface area contributed by atoms with Gasteiger partial charge in [0, 0.05) is 21.4 Å². The first-order valence-electron chi connectivity index (χ1n) is 7.90. The van der Waals surface area contributed by atoms with E-state index in [0.29, 0.717) is 12.2 Å². The summed E-state index contributed by atoms with van der Waals surface area (Å²) in [6.07, 6.45) is 2.80. The SMILES string of the molecule is CCc1ncnc(NCCOC(=O)Nc2ccc(Br)cc2)c1CC. The lowest BCUT2D eigenvalue weighted by molar-refractivity contribution is 0.166. The van der Waals surface area contributed by atoms with Crippen LogP contribution >= 0.6 is 15.9 Å². The second-order valence-corrected chi connectivity index (χ2v) is 5.96. The van der Waals surface area contributed by atoms with Crippen molar-refractivity contribution in [1.82, 2.24) is 9.97 Å². The third-order valence-electron chi connectivity index (χ3n) is 3.44. The summed E-state index contributed by atoms with van der Waals surface area (Å²) in [6, 6.07) is 7.29. The smallest absolute Gasteiger partial charge is 0.411 e. The van der Waals surface area contributed by atoms with Crippen molar-refractivity contribution >= 4 is 33.5 Å². The zero-order valence-corrected chi connectivity index (χ0v) is 15.4. The molecule has 0 bridgehead atoms. The third-order valence-corrected chi connectivity index (χ3v) is 3.97. The van der Waals surface area contributed by atoms with E-state index in [9.17, 15) is 4.79 Å². The fourth-order valence-corrected chi connectivity index (χ4v) is 2.54. The van der Waals surface area contributed by atoms with Crippen LogP contribution in [0.4, 0.5) is 16.3 Å². The summed E-state index contributed by atoms with van der Waals surface area (Å²) >= 11 is 3.34. The Hall–Kier alpha value is -2.15. The van der Waals surface area contributed by atoms with Crippen LogP contribution in [-0.4, -0.2) is 29.2 Å². The summed E-state index contributed by atoms with van der Waals surface area (Å²) in [5.74, 6) is 0.807. The van der Waals surface area contributed by atoms with Gasteiger partial charge in [-0.2, -0.15) is 0 Å². The van der Waals surface area contributed by atoms with E-state index in [-0.39, 0.29) is 6.61 Å². The Kier molecular flexibility index (Phi) is 6.99. The predicted molar refractivity (Wildman–Crippen MR) is 98.4 cm³/mol. The van der Waals surface area contributed by atoms with Gasteiger partial charge in [-0.3, -0.25) is 5.32 Å². The summed E-state index contributed by atoms with van der Waals surface area (Å²) in [6.45, 7) is 4.88. The van der Waals surface area contributed by atoms with E-state index < -0.39 is 6.09 Å². The lowest BCUT2D eigenvalue weighted by atomic mass is 10.1. The Morgan fingerprint density at radius 1 is 1.17 bits per heavy atom. The molecule has 2 aromatic rings. The average molecular weight is 393 g/mol. The number of ether oxygens (including phenoxy) is 1. The van der Waals surface area contributed by atoms with Crippen LogP contribution in [0.25, 0.3) is 0 Å². The number of anilines is 2. The average Bonchev–Trinajstić information content (AvgIpc) is 2.60. The van der Waals surface area contributed by atoms with Crippen LogP contribution in [0, 0.1) is 0 Å². The van der Waals surface area contributed by atoms with Crippen molar-refractivity contribution < 1.29 is 9.53 Å². The molecule has 1 aromatic carbocycles. The van der Waals surface area contributed by atoms with E-state index in [1.165, 1.54) is 0 Å². The molecule has 1 heterocycles. The van der Waals surface area contributed by atoms with Crippen LogP contribution in [0.3, 0.4) is 0 Å². The fraction of sp³-hybridized carbons (Fsp3) is 0.353. The topological polar surface area (TPSA) is 76.1 Å². The number of benzene rings is 1. The first-order valence-corrected chi connectivity index (χ1v) is 8.69. The van der Waals surface area contributed by atoms with Crippen molar-refractivity contribution in [1.29, 1.82) is 0 Å². The highest BCUT2D eigenvalue weighted by Crippen LogP contribution is 2.16. The highest BCUT2D eigenvalue weighted by atomic mass is 79.9. The maximum atomic E-state index is 11.7. The highest BCUT2D eigenvalue weighted by Gasteiger charge is 2.08. The molecule has 0 saturated heterocycles. The number of nitrogens with one attached hydrogen (secondary N) is 2. The molecule has 0 aliphatic carbocycles. The van der Waals surface area contributed by atoms with Gasteiger partial charge in [0.25, 0.3) is 0 Å². The van der Waals surface area contributed by atoms with Crippen LogP contribution in [0.15, 0.2) is 35.1 Å². The van der Waals surface area contributed by atoms with Crippen LogP contribution in [0.5, 0.6) is 0 Å². The first-order chi connectivity index (χ1) is 11.6. The predicted octanol–water partition coefficient (Wildman–Crippen LogP) is 4.02. The number of rotatable bonds is 7. The van der Waals surface area contributed by atoms with Gasteiger partial charge in [0.2, 0.25) is 0 Å². The summed E-state index contributed by atoms with van der Waals surface area (Å²) in [4.78, 5) is 20.3. The molecule has 6 nitrogen and oxygen atoms in total. The zero-order chi connectivity index (χ0) is 17.4. The molecule has 0 unspecified atom stereocenters. The molecular weight excluding hydrogens is 372 g/mol. The van der Waals surface area contributed by atoms with E-state index in [1.807, 2.05) is 12.1 Å².